The highest BCUT2D eigenvalue weighted by atomic mass is 32.2. The van der Waals surface area contributed by atoms with E-state index in [1.165, 1.54) is 6.07 Å². The zero-order valence-electron chi connectivity index (χ0n) is 11.5. The first-order chi connectivity index (χ1) is 9.42. The fourth-order valence-electron chi connectivity index (χ4n) is 2.37. The van der Waals surface area contributed by atoms with E-state index in [2.05, 4.69) is 16.5 Å². The Labute approximate surface area is 119 Å². The maximum absolute atomic E-state index is 13.1. The molecule has 7 heteroatoms. The van der Waals surface area contributed by atoms with Crippen LogP contribution in [-0.4, -0.2) is 39.5 Å². The smallest absolute Gasteiger partial charge is 0.240 e. The Balaban J connectivity index is 1.99. The van der Waals surface area contributed by atoms with Crippen LogP contribution in [0.15, 0.2) is 23.1 Å². The van der Waals surface area contributed by atoms with Crippen molar-refractivity contribution in [3.8, 4) is 0 Å². The van der Waals surface area contributed by atoms with E-state index in [1.54, 1.807) is 0 Å². The number of benzene rings is 1. The van der Waals surface area contributed by atoms with Gasteiger partial charge in [-0.05, 0) is 43.6 Å². The third-order valence-corrected chi connectivity index (χ3v) is 5.08. The van der Waals surface area contributed by atoms with E-state index >= 15 is 0 Å². The first-order valence-corrected chi connectivity index (χ1v) is 8.17. The molecule has 1 aliphatic rings. The summed E-state index contributed by atoms with van der Waals surface area (Å²) in [6, 6.07) is 3.43. The minimum absolute atomic E-state index is 0.00162. The molecule has 1 heterocycles. The number of likely N-dealkylation sites (tertiary alicyclic amines) is 1. The molecule has 2 rings (SSSR count). The predicted molar refractivity (Wildman–Crippen MR) is 76.2 cm³/mol. The zero-order chi connectivity index (χ0) is 14.8. The Morgan fingerprint density at radius 1 is 1.50 bits per heavy atom. The molecule has 112 valence electrons. The van der Waals surface area contributed by atoms with Crippen LogP contribution in [0.25, 0.3) is 0 Å². The first kappa shape index (κ1) is 15.2. The number of halogens is 1. The van der Waals surface area contributed by atoms with Gasteiger partial charge < -0.3 is 10.6 Å². The van der Waals surface area contributed by atoms with Gasteiger partial charge in [0.15, 0.2) is 0 Å². The molecule has 1 saturated heterocycles. The molecule has 1 aliphatic heterocycles. The van der Waals surface area contributed by atoms with Crippen LogP contribution in [0, 0.1) is 11.7 Å². The molecule has 5 nitrogen and oxygen atoms in total. The van der Waals surface area contributed by atoms with Crippen LogP contribution in [-0.2, 0) is 10.0 Å². The average molecular weight is 301 g/mol. The second-order valence-electron chi connectivity index (χ2n) is 5.08. The van der Waals surface area contributed by atoms with Crippen molar-refractivity contribution in [3.63, 3.8) is 0 Å². The van der Waals surface area contributed by atoms with Crippen LogP contribution in [0.1, 0.15) is 13.3 Å². The number of anilines is 1. The Morgan fingerprint density at radius 3 is 2.85 bits per heavy atom. The van der Waals surface area contributed by atoms with E-state index in [0.717, 1.165) is 38.2 Å². The minimum atomic E-state index is -3.63. The summed E-state index contributed by atoms with van der Waals surface area (Å²) in [7, 11) is -3.63. The van der Waals surface area contributed by atoms with Crippen molar-refractivity contribution in [2.75, 3.05) is 31.9 Å². The van der Waals surface area contributed by atoms with Crippen LogP contribution in [0.2, 0.25) is 0 Å². The lowest BCUT2D eigenvalue weighted by Crippen LogP contribution is -2.31. The van der Waals surface area contributed by atoms with Crippen molar-refractivity contribution in [2.45, 2.75) is 18.2 Å². The second-order valence-corrected chi connectivity index (χ2v) is 6.85. The third-order valence-electron chi connectivity index (χ3n) is 3.66. The van der Waals surface area contributed by atoms with E-state index in [4.69, 9.17) is 5.73 Å². The number of nitrogens with zero attached hydrogens (tertiary/aromatic N) is 1. The van der Waals surface area contributed by atoms with Crippen molar-refractivity contribution in [3.05, 3.63) is 24.0 Å². The summed E-state index contributed by atoms with van der Waals surface area (Å²) in [6.07, 6.45) is 0.988. The van der Waals surface area contributed by atoms with E-state index in [9.17, 15) is 12.8 Å². The number of sulfonamides is 1. The Bertz CT molecular complexity index is 577. The van der Waals surface area contributed by atoms with E-state index in [-0.39, 0.29) is 10.6 Å². The summed E-state index contributed by atoms with van der Waals surface area (Å²) in [6.45, 7) is 5.39. The molecule has 1 atom stereocenters. The highest BCUT2D eigenvalue weighted by Gasteiger charge is 2.23. The quantitative estimate of drug-likeness (QED) is 0.797. The molecule has 0 saturated carbocycles. The molecule has 1 aromatic carbocycles. The van der Waals surface area contributed by atoms with E-state index < -0.39 is 15.8 Å². The first-order valence-electron chi connectivity index (χ1n) is 6.69. The lowest BCUT2D eigenvalue weighted by molar-refractivity contribution is 0.342. The number of nitrogens with one attached hydrogen (secondary N) is 1. The standard InChI is InChI=1S/C13H20FN3O2S/c1-2-17-6-5-10(9-17)8-16-20(18,19)11-3-4-12(14)13(15)7-11/h3-4,7,10,16H,2,5-6,8-9,15H2,1H3. The summed E-state index contributed by atoms with van der Waals surface area (Å²) in [5.41, 5.74) is 5.24. The van der Waals surface area contributed by atoms with Crippen molar-refractivity contribution in [2.24, 2.45) is 5.92 Å². The van der Waals surface area contributed by atoms with Crippen LogP contribution >= 0.6 is 0 Å². The molecule has 0 bridgehead atoms. The lowest BCUT2D eigenvalue weighted by Gasteiger charge is -2.14. The van der Waals surface area contributed by atoms with Crippen LogP contribution in [0.3, 0.4) is 0 Å². The summed E-state index contributed by atoms with van der Waals surface area (Å²) >= 11 is 0. The van der Waals surface area contributed by atoms with Crippen molar-refractivity contribution >= 4 is 15.7 Å². The van der Waals surface area contributed by atoms with Gasteiger partial charge in [-0.3, -0.25) is 0 Å². The molecular weight excluding hydrogens is 281 g/mol. The van der Waals surface area contributed by atoms with Crippen LogP contribution in [0.4, 0.5) is 10.1 Å². The van der Waals surface area contributed by atoms with E-state index in [1.807, 2.05) is 0 Å². The van der Waals surface area contributed by atoms with Gasteiger partial charge >= 0.3 is 0 Å². The van der Waals surface area contributed by atoms with Gasteiger partial charge in [0.1, 0.15) is 5.82 Å². The Morgan fingerprint density at radius 2 is 2.25 bits per heavy atom. The summed E-state index contributed by atoms with van der Waals surface area (Å²) < 4.78 is 39.8. The average Bonchev–Trinajstić information content (AvgIpc) is 2.87. The highest BCUT2D eigenvalue weighted by Crippen LogP contribution is 2.18. The molecule has 20 heavy (non-hydrogen) atoms. The minimum Gasteiger partial charge on any atom is -0.396 e. The second kappa shape index (κ2) is 6.07. The Hall–Kier alpha value is -1.18. The maximum atomic E-state index is 13.1. The van der Waals surface area contributed by atoms with Crippen molar-refractivity contribution < 1.29 is 12.8 Å². The van der Waals surface area contributed by atoms with Crippen molar-refractivity contribution in [1.29, 1.82) is 0 Å². The zero-order valence-corrected chi connectivity index (χ0v) is 12.3. The number of hydrogen-bond acceptors (Lipinski definition) is 4. The molecular formula is C13H20FN3O2S. The predicted octanol–water partition coefficient (Wildman–Crippen LogP) is 1.03. The van der Waals surface area contributed by atoms with Crippen molar-refractivity contribution in [1.82, 2.24) is 9.62 Å². The molecule has 1 unspecified atom stereocenters. The van der Waals surface area contributed by atoms with Gasteiger partial charge in [0.05, 0.1) is 10.6 Å². The van der Waals surface area contributed by atoms with Gasteiger partial charge in [0, 0.05) is 13.1 Å². The summed E-state index contributed by atoms with van der Waals surface area (Å²) in [5.74, 6) is -0.291. The SMILES string of the molecule is CCN1CCC(CNS(=O)(=O)c2ccc(F)c(N)c2)C1. The number of hydrogen-bond donors (Lipinski definition) is 2. The number of nitrogens with two attached hydrogens (primary N) is 1. The number of nitrogen functional groups attached to an aromatic ring is 1. The fraction of sp³-hybridized carbons (Fsp3) is 0.538. The van der Waals surface area contributed by atoms with Gasteiger partial charge in [0.25, 0.3) is 0 Å². The maximum Gasteiger partial charge on any atom is 0.240 e. The molecule has 0 aromatic heterocycles. The van der Waals surface area contributed by atoms with E-state index in [0.29, 0.717) is 12.5 Å². The van der Waals surface area contributed by atoms with Gasteiger partial charge in [-0.1, -0.05) is 6.92 Å². The molecule has 3 N–H and O–H groups in total. The normalized spacial score (nSPS) is 20.4. The molecule has 1 fully saturated rings. The molecule has 0 amide bonds. The van der Waals surface area contributed by atoms with Gasteiger partial charge in [0.2, 0.25) is 10.0 Å². The van der Waals surface area contributed by atoms with Crippen LogP contribution < -0.4 is 10.5 Å². The van der Waals surface area contributed by atoms with Gasteiger partial charge in [-0.25, -0.2) is 17.5 Å². The van der Waals surface area contributed by atoms with Crippen LogP contribution in [0.5, 0.6) is 0 Å². The number of rotatable bonds is 5. The summed E-state index contributed by atoms with van der Waals surface area (Å²) in [5, 5.41) is 0. The Kier molecular flexibility index (Phi) is 4.62. The largest absolute Gasteiger partial charge is 0.396 e. The monoisotopic (exact) mass is 301 g/mol. The third kappa shape index (κ3) is 3.47. The molecule has 0 radical (unpaired) electrons. The highest BCUT2D eigenvalue weighted by molar-refractivity contribution is 7.89. The fourth-order valence-corrected chi connectivity index (χ4v) is 3.52. The summed E-state index contributed by atoms with van der Waals surface area (Å²) in [4.78, 5) is 2.29. The molecule has 0 spiro atoms. The molecule has 1 aromatic rings. The topological polar surface area (TPSA) is 75.4 Å². The lowest BCUT2D eigenvalue weighted by atomic mass is 10.1. The molecule has 0 aliphatic carbocycles. The van der Waals surface area contributed by atoms with Gasteiger partial charge in [-0.2, -0.15) is 0 Å². The van der Waals surface area contributed by atoms with Gasteiger partial charge in [-0.15, -0.1) is 0 Å².